The van der Waals surface area contributed by atoms with E-state index in [9.17, 15) is 13.6 Å². The van der Waals surface area contributed by atoms with Crippen LogP contribution in [0.1, 0.15) is 13.8 Å². The van der Waals surface area contributed by atoms with Crippen molar-refractivity contribution in [2.75, 3.05) is 11.9 Å². The second-order valence-corrected chi connectivity index (χ2v) is 4.69. The standard InChI is InChI=1S/C11H12ClF2NO2/c1-11(2,10(16)17)5-15-9-7(12)3-6(13)4-8(9)14/h3-4,15H,5H2,1-2H3,(H,16,17). The van der Waals surface area contributed by atoms with E-state index in [-0.39, 0.29) is 17.3 Å². The Balaban J connectivity index is 2.87. The van der Waals surface area contributed by atoms with E-state index in [1.807, 2.05) is 0 Å². The molecule has 0 aliphatic rings. The second kappa shape index (κ2) is 4.87. The van der Waals surface area contributed by atoms with Crippen molar-refractivity contribution in [1.82, 2.24) is 0 Å². The van der Waals surface area contributed by atoms with Gasteiger partial charge in [-0.1, -0.05) is 11.6 Å². The zero-order valence-electron chi connectivity index (χ0n) is 9.35. The maximum absolute atomic E-state index is 13.4. The maximum Gasteiger partial charge on any atom is 0.310 e. The first-order chi connectivity index (χ1) is 7.74. The van der Waals surface area contributed by atoms with E-state index in [1.165, 1.54) is 13.8 Å². The molecule has 17 heavy (non-hydrogen) atoms. The monoisotopic (exact) mass is 263 g/mol. The molecule has 0 fully saturated rings. The van der Waals surface area contributed by atoms with Crippen LogP contribution < -0.4 is 5.32 Å². The SMILES string of the molecule is CC(C)(CNc1c(F)cc(F)cc1Cl)C(=O)O. The number of aliphatic carboxylic acids is 1. The molecule has 1 aromatic carbocycles. The van der Waals surface area contributed by atoms with E-state index >= 15 is 0 Å². The predicted octanol–water partition coefficient (Wildman–Crippen LogP) is 3.14. The summed E-state index contributed by atoms with van der Waals surface area (Å²) in [5, 5.41) is 11.3. The molecule has 0 bridgehead atoms. The number of carboxylic acids is 1. The highest BCUT2D eigenvalue weighted by atomic mass is 35.5. The molecule has 94 valence electrons. The van der Waals surface area contributed by atoms with Crippen LogP contribution in [0.3, 0.4) is 0 Å². The van der Waals surface area contributed by atoms with Gasteiger partial charge in [-0.25, -0.2) is 8.78 Å². The average Bonchev–Trinajstić information content (AvgIpc) is 2.15. The summed E-state index contributed by atoms with van der Waals surface area (Å²) in [5.74, 6) is -2.66. The summed E-state index contributed by atoms with van der Waals surface area (Å²) >= 11 is 5.65. The minimum Gasteiger partial charge on any atom is -0.481 e. The fourth-order valence-corrected chi connectivity index (χ4v) is 1.36. The number of benzene rings is 1. The van der Waals surface area contributed by atoms with Gasteiger partial charge in [0.15, 0.2) is 5.82 Å². The highest BCUT2D eigenvalue weighted by molar-refractivity contribution is 6.33. The summed E-state index contributed by atoms with van der Waals surface area (Å²) < 4.78 is 26.1. The van der Waals surface area contributed by atoms with Crippen molar-refractivity contribution in [3.63, 3.8) is 0 Å². The molecule has 0 spiro atoms. The number of nitrogens with one attached hydrogen (secondary N) is 1. The summed E-state index contributed by atoms with van der Waals surface area (Å²) in [6.07, 6.45) is 0. The molecular weight excluding hydrogens is 252 g/mol. The van der Waals surface area contributed by atoms with E-state index in [0.29, 0.717) is 6.07 Å². The van der Waals surface area contributed by atoms with Crippen LogP contribution >= 0.6 is 11.6 Å². The van der Waals surface area contributed by atoms with Crippen LogP contribution in [0.2, 0.25) is 5.02 Å². The third-order valence-corrected chi connectivity index (χ3v) is 2.59. The van der Waals surface area contributed by atoms with E-state index in [1.54, 1.807) is 0 Å². The van der Waals surface area contributed by atoms with Crippen LogP contribution in [0.4, 0.5) is 14.5 Å². The number of halogens is 3. The maximum atomic E-state index is 13.4. The van der Waals surface area contributed by atoms with E-state index < -0.39 is 23.0 Å². The third-order valence-electron chi connectivity index (χ3n) is 2.29. The van der Waals surface area contributed by atoms with Crippen LogP contribution in [0.15, 0.2) is 12.1 Å². The average molecular weight is 264 g/mol. The van der Waals surface area contributed by atoms with Gasteiger partial charge in [0, 0.05) is 12.6 Å². The van der Waals surface area contributed by atoms with Gasteiger partial charge in [0.05, 0.1) is 16.1 Å². The summed E-state index contributed by atoms with van der Waals surface area (Å²) in [7, 11) is 0. The molecule has 0 radical (unpaired) electrons. The van der Waals surface area contributed by atoms with E-state index in [4.69, 9.17) is 16.7 Å². The lowest BCUT2D eigenvalue weighted by molar-refractivity contribution is -0.146. The molecule has 0 amide bonds. The van der Waals surface area contributed by atoms with E-state index in [2.05, 4.69) is 5.32 Å². The van der Waals surface area contributed by atoms with Gasteiger partial charge in [-0.05, 0) is 19.9 Å². The van der Waals surface area contributed by atoms with Crippen molar-refractivity contribution in [1.29, 1.82) is 0 Å². The Morgan fingerprint density at radius 1 is 1.47 bits per heavy atom. The van der Waals surface area contributed by atoms with Gasteiger partial charge in [0.25, 0.3) is 0 Å². The van der Waals surface area contributed by atoms with Crippen molar-refractivity contribution in [3.8, 4) is 0 Å². The Kier molecular flexibility index (Phi) is 3.93. The first-order valence-corrected chi connectivity index (χ1v) is 5.23. The second-order valence-electron chi connectivity index (χ2n) is 4.29. The minimum atomic E-state index is -1.08. The van der Waals surface area contributed by atoms with Crippen molar-refractivity contribution in [2.45, 2.75) is 13.8 Å². The Hall–Kier alpha value is -1.36. The lowest BCUT2D eigenvalue weighted by Gasteiger charge is -2.21. The van der Waals surface area contributed by atoms with Gasteiger partial charge in [-0.15, -0.1) is 0 Å². The fourth-order valence-electron chi connectivity index (χ4n) is 1.10. The molecule has 0 aromatic heterocycles. The van der Waals surface area contributed by atoms with Gasteiger partial charge in [-0.2, -0.15) is 0 Å². The third kappa shape index (κ3) is 3.30. The largest absolute Gasteiger partial charge is 0.481 e. The van der Waals surface area contributed by atoms with Gasteiger partial charge in [0.2, 0.25) is 0 Å². The molecule has 0 saturated heterocycles. The topological polar surface area (TPSA) is 49.3 Å². The number of carboxylic acid groups (broad SMARTS) is 1. The fraction of sp³-hybridized carbons (Fsp3) is 0.364. The van der Waals surface area contributed by atoms with E-state index in [0.717, 1.165) is 6.07 Å². The summed E-state index contributed by atoms with van der Waals surface area (Å²) in [6, 6.07) is 1.64. The minimum absolute atomic E-state index is 0.0232. The van der Waals surface area contributed by atoms with Gasteiger partial charge in [-0.3, -0.25) is 4.79 Å². The number of hydrogen-bond acceptors (Lipinski definition) is 2. The van der Waals surface area contributed by atoms with Gasteiger partial charge < -0.3 is 10.4 Å². The summed E-state index contributed by atoms with van der Waals surface area (Å²) in [6.45, 7) is 2.94. The Morgan fingerprint density at radius 3 is 2.53 bits per heavy atom. The first-order valence-electron chi connectivity index (χ1n) is 4.86. The predicted molar refractivity (Wildman–Crippen MR) is 61.3 cm³/mol. The lowest BCUT2D eigenvalue weighted by Crippen LogP contribution is -2.32. The first kappa shape index (κ1) is 13.7. The van der Waals surface area contributed by atoms with Crippen LogP contribution in [0, 0.1) is 17.0 Å². The molecule has 2 N–H and O–H groups in total. The van der Waals surface area contributed by atoms with Crippen LogP contribution in [0.25, 0.3) is 0 Å². The molecule has 0 aliphatic heterocycles. The van der Waals surface area contributed by atoms with Crippen molar-refractivity contribution >= 4 is 23.3 Å². The molecular formula is C11H12ClF2NO2. The van der Waals surface area contributed by atoms with Crippen molar-refractivity contribution in [2.24, 2.45) is 5.41 Å². The zero-order valence-corrected chi connectivity index (χ0v) is 10.1. The molecule has 0 aliphatic carbocycles. The zero-order chi connectivity index (χ0) is 13.2. The quantitative estimate of drug-likeness (QED) is 0.877. The van der Waals surface area contributed by atoms with Crippen molar-refractivity contribution < 1.29 is 18.7 Å². The molecule has 6 heteroatoms. The van der Waals surface area contributed by atoms with Gasteiger partial charge in [0.1, 0.15) is 5.82 Å². The Labute approximate surface area is 102 Å². The highest BCUT2D eigenvalue weighted by Gasteiger charge is 2.27. The van der Waals surface area contributed by atoms with Crippen LogP contribution in [-0.2, 0) is 4.79 Å². The molecule has 1 rings (SSSR count). The molecule has 1 aromatic rings. The number of rotatable bonds is 4. The number of carbonyl (C=O) groups is 1. The normalized spacial score (nSPS) is 11.4. The number of anilines is 1. The van der Waals surface area contributed by atoms with Crippen LogP contribution in [-0.4, -0.2) is 17.6 Å². The van der Waals surface area contributed by atoms with Gasteiger partial charge >= 0.3 is 5.97 Å². The molecule has 3 nitrogen and oxygen atoms in total. The number of hydrogen-bond donors (Lipinski definition) is 2. The van der Waals surface area contributed by atoms with Crippen LogP contribution in [0.5, 0.6) is 0 Å². The highest BCUT2D eigenvalue weighted by Crippen LogP contribution is 2.27. The summed E-state index contributed by atoms with van der Waals surface area (Å²) in [4.78, 5) is 10.8. The smallest absolute Gasteiger partial charge is 0.310 e. The Bertz CT molecular complexity index is 426. The van der Waals surface area contributed by atoms with Crippen molar-refractivity contribution in [3.05, 3.63) is 28.8 Å². The summed E-state index contributed by atoms with van der Waals surface area (Å²) in [5.41, 5.74) is -1.17. The Morgan fingerprint density at radius 2 is 2.06 bits per heavy atom. The molecule has 0 heterocycles. The molecule has 0 atom stereocenters. The molecule has 0 saturated carbocycles. The molecule has 0 unspecified atom stereocenters. The lowest BCUT2D eigenvalue weighted by atomic mass is 9.94.